The molecule has 6 nitrogen and oxygen atoms in total. The molecule has 1 rings (SSSR count). The normalized spacial score (nSPS) is 11.0. The lowest BCUT2D eigenvalue weighted by Gasteiger charge is -2.17. The molecule has 1 aromatic carbocycles. The van der Waals surface area contributed by atoms with Crippen molar-refractivity contribution < 1.29 is 22.8 Å². The highest BCUT2D eigenvalue weighted by atomic mass is 35.5. The lowest BCUT2D eigenvalue weighted by Crippen LogP contribution is -2.35. The molecule has 0 spiro atoms. The van der Waals surface area contributed by atoms with Crippen molar-refractivity contribution in [2.24, 2.45) is 0 Å². The lowest BCUT2D eigenvalue weighted by atomic mass is 10.4. The van der Waals surface area contributed by atoms with Gasteiger partial charge in [0.15, 0.2) is 0 Å². The molecule has 0 heterocycles. The van der Waals surface area contributed by atoms with Gasteiger partial charge in [-0.25, -0.2) is 4.79 Å². The second kappa shape index (κ2) is 5.35. The molecule has 94 valence electrons. The van der Waals surface area contributed by atoms with E-state index in [1.54, 1.807) is 0 Å². The van der Waals surface area contributed by atoms with Gasteiger partial charge in [0, 0.05) is 5.02 Å². The third kappa shape index (κ3) is 2.87. The van der Waals surface area contributed by atoms with Crippen molar-refractivity contribution in [1.82, 2.24) is 4.47 Å². The van der Waals surface area contributed by atoms with Crippen LogP contribution in [0.25, 0.3) is 0 Å². The molecule has 0 fully saturated rings. The summed E-state index contributed by atoms with van der Waals surface area (Å²) in [7, 11) is -2.01. The lowest BCUT2D eigenvalue weighted by molar-refractivity contribution is -0.0358. The van der Waals surface area contributed by atoms with E-state index in [0.29, 0.717) is 5.02 Å². The Balaban J connectivity index is 3.17. The van der Waals surface area contributed by atoms with E-state index in [1.165, 1.54) is 24.3 Å². The van der Waals surface area contributed by atoms with Crippen LogP contribution in [0.5, 0.6) is 0 Å². The number of halogens is 1. The first kappa shape index (κ1) is 13.8. The fourth-order valence-electron chi connectivity index (χ4n) is 1.05. The van der Waals surface area contributed by atoms with Crippen LogP contribution in [0.15, 0.2) is 29.2 Å². The maximum Gasteiger partial charge on any atom is 0.448 e. The fourth-order valence-corrected chi connectivity index (χ4v) is 2.31. The van der Waals surface area contributed by atoms with Gasteiger partial charge >= 0.3 is 6.09 Å². The molecular weight excluding hydrogens is 270 g/mol. The molecule has 0 aliphatic heterocycles. The Bertz CT molecular complexity index is 499. The highest BCUT2D eigenvalue weighted by molar-refractivity contribution is 7.89. The minimum Gasteiger partial charge on any atom is -0.450 e. The highest BCUT2D eigenvalue weighted by Crippen LogP contribution is 2.19. The second-order valence-electron chi connectivity index (χ2n) is 2.84. The first-order valence-electron chi connectivity index (χ1n) is 4.36. The summed E-state index contributed by atoms with van der Waals surface area (Å²) in [6, 6.07) is 5.29. The van der Waals surface area contributed by atoms with Crippen LogP contribution in [-0.2, 0) is 19.6 Å². The number of sulfonamides is 1. The van der Waals surface area contributed by atoms with Gasteiger partial charge in [0.2, 0.25) is 0 Å². The number of carbonyl (C=O) groups excluding carboxylic acids is 1. The third-order valence-corrected chi connectivity index (χ3v) is 3.67. The SMILES string of the molecule is COC(=O)N(OC)S(=O)(=O)c1ccc(Cl)cc1. The van der Waals surface area contributed by atoms with E-state index >= 15 is 0 Å². The Hall–Kier alpha value is -1.31. The van der Waals surface area contributed by atoms with E-state index < -0.39 is 16.1 Å². The van der Waals surface area contributed by atoms with Gasteiger partial charge in [0.25, 0.3) is 10.0 Å². The maximum atomic E-state index is 11.9. The zero-order chi connectivity index (χ0) is 13.1. The van der Waals surface area contributed by atoms with E-state index in [9.17, 15) is 13.2 Å². The summed E-state index contributed by atoms with van der Waals surface area (Å²) in [5.41, 5.74) is 0. The molecule has 0 aromatic heterocycles. The Morgan fingerprint density at radius 1 is 1.24 bits per heavy atom. The molecule has 17 heavy (non-hydrogen) atoms. The predicted molar refractivity (Wildman–Crippen MR) is 59.9 cm³/mol. The van der Waals surface area contributed by atoms with Gasteiger partial charge in [-0.05, 0) is 24.3 Å². The van der Waals surface area contributed by atoms with E-state index in [1.807, 2.05) is 0 Å². The summed E-state index contributed by atoms with van der Waals surface area (Å²) in [6.07, 6.45) is -1.14. The van der Waals surface area contributed by atoms with E-state index in [4.69, 9.17) is 11.6 Å². The topological polar surface area (TPSA) is 72.9 Å². The van der Waals surface area contributed by atoms with Gasteiger partial charge < -0.3 is 4.74 Å². The van der Waals surface area contributed by atoms with Crippen LogP contribution in [0.1, 0.15) is 0 Å². The predicted octanol–water partition coefficient (Wildman–Crippen LogP) is 1.66. The van der Waals surface area contributed by atoms with Crippen LogP contribution < -0.4 is 0 Å². The van der Waals surface area contributed by atoms with Crippen LogP contribution in [0.2, 0.25) is 5.02 Å². The number of amides is 1. The molecule has 0 unspecified atom stereocenters. The monoisotopic (exact) mass is 279 g/mol. The Morgan fingerprint density at radius 3 is 2.18 bits per heavy atom. The molecule has 1 aromatic rings. The number of methoxy groups -OCH3 is 1. The molecule has 0 N–H and O–H groups in total. The summed E-state index contributed by atoms with van der Waals surface area (Å²) < 4.78 is 28.3. The van der Waals surface area contributed by atoms with Gasteiger partial charge in [-0.1, -0.05) is 16.1 Å². The van der Waals surface area contributed by atoms with Crippen molar-refractivity contribution in [3.05, 3.63) is 29.3 Å². The molecule has 0 radical (unpaired) electrons. The number of hydroxylamine groups is 1. The van der Waals surface area contributed by atoms with Gasteiger partial charge in [-0.15, -0.1) is 0 Å². The van der Waals surface area contributed by atoms with Crippen molar-refractivity contribution in [2.75, 3.05) is 14.2 Å². The number of carbonyl (C=O) groups is 1. The van der Waals surface area contributed by atoms with Gasteiger partial charge in [0.05, 0.1) is 19.1 Å². The molecule has 8 heteroatoms. The van der Waals surface area contributed by atoms with E-state index in [-0.39, 0.29) is 9.36 Å². The zero-order valence-corrected chi connectivity index (χ0v) is 10.7. The quantitative estimate of drug-likeness (QED) is 0.787. The minimum absolute atomic E-state index is 0.130. The van der Waals surface area contributed by atoms with E-state index in [2.05, 4.69) is 9.57 Å². The van der Waals surface area contributed by atoms with Crippen LogP contribution in [0, 0.1) is 0 Å². The summed E-state index contributed by atoms with van der Waals surface area (Å²) in [5.74, 6) is 0. The van der Waals surface area contributed by atoms with Crippen molar-refractivity contribution in [3.63, 3.8) is 0 Å². The largest absolute Gasteiger partial charge is 0.450 e. The number of hydrogen-bond donors (Lipinski definition) is 0. The number of rotatable bonds is 3. The van der Waals surface area contributed by atoms with Crippen molar-refractivity contribution in [1.29, 1.82) is 0 Å². The summed E-state index contributed by atoms with van der Waals surface area (Å²) >= 11 is 5.63. The molecule has 0 saturated carbocycles. The van der Waals surface area contributed by atoms with Crippen molar-refractivity contribution in [2.45, 2.75) is 4.90 Å². The standard InChI is InChI=1S/C9H10ClNO5S/c1-15-9(12)11(16-2)17(13,14)8-5-3-7(10)4-6-8/h3-6H,1-2H3. The maximum absolute atomic E-state index is 11.9. The molecule has 1 amide bonds. The first-order valence-corrected chi connectivity index (χ1v) is 6.18. The Labute approximate surface area is 104 Å². The Morgan fingerprint density at radius 2 is 1.76 bits per heavy atom. The number of hydrogen-bond acceptors (Lipinski definition) is 5. The van der Waals surface area contributed by atoms with Crippen LogP contribution in [0.3, 0.4) is 0 Å². The summed E-state index contributed by atoms with van der Waals surface area (Å²) in [4.78, 5) is 15.6. The smallest absolute Gasteiger partial charge is 0.448 e. The fraction of sp³-hybridized carbons (Fsp3) is 0.222. The first-order chi connectivity index (χ1) is 7.93. The average Bonchev–Trinajstić information content (AvgIpc) is 2.29. The average molecular weight is 280 g/mol. The van der Waals surface area contributed by atoms with Crippen LogP contribution >= 0.6 is 11.6 Å². The van der Waals surface area contributed by atoms with E-state index in [0.717, 1.165) is 14.2 Å². The van der Waals surface area contributed by atoms with Crippen molar-refractivity contribution >= 4 is 27.7 Å². The van der Waals surface area contributed by atoms with Gasteiger partial charge in [0.1, 0.15) is 0 Å². The van der Waals surface area contributed by atoms with Crippen molar-refractivity contribution in [3.8, 4) is 0 Å². The molecular formula is C9H10ClNO5S. The molecule has 0 saturated heterocycles. The van der Waals surface area contributed by atoms with Crippen LogP contribution in [0.4, 0.5) is 4.79 Å². The molecule has 0 bridgehead atoms. The Kier molecular flexibility index (Phi) is 4.33. The number of benzene rings is 1. The summed E-state index contributed by atoms with van der Waals surface area (Å²) in [5, 5.41) is 0.381. The van der Waals surface area contributed by atoms with Gasteiger partial charge in [-0.3, -0.25) is 4.84 Å². The second-order valence-corrected chi connectivity index (χ2v) is 5.03. The summed E-state index contributed by atoms with van der Waals surface area (Å²) in [6.45, 7) is 0. The molecule has 0 atom stereocenters. The molecule has 0 aliphatic carbocycles. The van der Waals surface area contributed by atoms with Gasteiger partial charge in [-0.2, -0.15) is 8.42 Å². The third-order valence-electron chi connectivity index (χ3n) is 1.82. The number of nitrogens with zero attached hydrogens (tertiary/aromatic N) is 1. The number of ether oxygens (including phenoxy) is 1. The highest BCUT2D eigenvalue weighted by Gasteiger charge is 2.30. The molecule has 0 aliphatic rings. The van der Waals surface area contributed by atoms with Crippen LogP contribution in [-0.4, -0.2) is 33.2 Å². The zero-order valence-electron chi connectivity index (χ0n) is 9.08. The minimum atomic E-state index is -4.10.